The molecule has 1 aromatic heterocycles. The molecule has 4 rings (SSSR count). The topological polar surface area (TPSA) is 78.3 Å². The van der Waals surface area contributed by atoms with E-state index in [-0.39, 0.29) is 28.5 Å². The van der Waals surface area contributed by atoms with Crippen LogP contribution in [0.1, 0.15) is 12.8 Å². The lowest BCUT2D eigenvalue weighted by atomic mass is 10.2. The average molecular weight is 477 g/mol. The van der Waals surface area contributed by atoms with Gasteiger partial charge in [0.1, 0.15) is 11.6 Å². The summed E-state index contributed by atoms with van der Waals surface area (Å²) < 4.78 is 27.0. The van der Waals surface area contributed by atoms with E-state index in [1.54, 1.807) is 7.11 Å². The van der Waals surface area contributed by atoms with Crippen LogP contribution in [-0.4, -0.2) is 46.2 Å². The fourth-order valence-corrected chi connectivity index (χ4v) is 4.32. The van der Waals surface area contributed by atoms with Crippen LogP contribution in [0.2, 0.25) is 5.02 Å². The first-order valence-corrected chi connectivity index (χ1v) is 11.5. The Balaban J connectivity index is 1.50. The Bertz CT molecular complexity index is 1090. The molecule has 1 unspecified atom stereocenters. The maximum atomic E-state index is 14.0. The normalized spacial score (nSPS) is 15.7. The highest BCUT2D eigenvalue weighted by Crippen LogP contribution is 2.28. The van der Waals surface area contributed by atoms with Crippen LogP contribution in [0.3, 0.4) is 0 Å². The second-order valence-electron chi connectivity index (χ2n) is 7.24. The molecule has 0 bridgehead atoms. The summed E-state index contributed by atoms with van der Waals surface area (Å²) in [6, 6.07) is 11.7. The molecule has 1 saturated heterocycles. The van der Waals surface area contributed by atoms with E-state index in [1.165, 1.54) is 23.9 Å². The Morgan fingerprint density at radius 3 is 2.81 bits per heavy atom. The lowest BCUT2D eigenvalue weighted by Crippen LogP contribution is -2.18. The minimum absolute atomic E-state index is 0.0499. The molecule has 1 amide bonds. The van der Waals surface area contributed by atoms with E-state index >= 15 is 0 Å². The number of hydrogen-bond donors (Lipinski definition) is 1. The summed E-state index contributed by atoms with van der Waals surface area (Å²) in [6.45, 7) is 1.33. The van der Waals surface area contributed by atoms with Gasteiger partial charge in [-0.25, -0.2) is 4.39 Å². The number of anilines is 1. The lowest BCUT2D eigenvalue weighted by molar-refractivity contribution is -0.113. The molecule has 32 heavy (non-hydrogen) atoms. The first-order chi connectivity index (χ1) is 15.5. The molecule has 1 fully saturated rings. The molecule has 2 heterocycles. The molecule has 1 aliphatic heterocycles. The van der Waals surface area contributed by atoms with Crippen LogP contribution in [0.4, 0.5) is 10.1 Å². The summed E-state index contributed by atoms with van der Waals surface area (Å²) in [5, 5.41) is 12.1. The van der Waals surface area contributed by atoms with Crippen LogP contribution in [0.15, 0.2) is 47.6 Å². The van der Waals surface area contributed by atoms with Crippen LogP contribution >= 0.6 is 23.4 Å². The zero-order valence-electron chi connectivity index (χ0n) is 17.4. The highest BCUT2D eigenvalue weighted by molar-refractivity contribution is 7.99. The van der Waals surface area contributed by atoms with E-state index in [2.05, 4.69) is 15.5 Å². The van der Waals surface area contributed by atoms with Crippen molar-refractivity contribution in [2.75, 3.05) is 24.8 Å². The van der Waals surface area contributed by atoms with E-state index < -0.39 is 5.82 Å². The van der Waals surface area contributed by atoms with E-state index in [9.17, 15) is 9.18 Å². The number of carbonyl (C=O) groups excluding carboxylic acids is 1. The largest absolute Gasteiger partial charge is 0.497 e. The summed E-state index contributed by atoms with van der Waals surface area (Å²) in [6.07, 6.45) is 2.04. The van der Waals surface area contributed by atoms with Gasteiger partial charge in [0.05, 0.1) is 31.2 Å². The summed E-state index contributed by atoms with van der Waals surface area (Å²) in [5.41, 5.74) is 0.968. The number of aromatic nitrogens is 3. The third-order valence-electron chi connectivity index (χ3n) is 5.01. The number of carbonyl (C=O) groups is 1. The minimum Gasteiger partial charge on any atom is -0.497 e. The first kappa shape index (κ1) is 22.6. The standard InChI is InChI=1S/C22H22ClFN4O3S/c1-30-16-7-4-14(5-8-16)21-26-27-22(28(21)12-17-3-2-10-31-17)32-13-20(29)25-19-9-6-15(23)11-18(19)24/h4-9,11,17H,2-3,10,12-13H2,1H3,(H,25,29). The molecular weight excluding hydrogens is 455 g/mol. The van der Waals surface area contributed by atoms with Crippen molar-refractivity contribution < 1.29 is 18.7 Å². The third kappa shape index (κ3) is 5.40. The Labute approximate surface area is 194 Å². The number of rotatable bonds is 8. The number of ether oxygens (including phenoxy) is 2. The average Bonchev–Trinajstić information content (AvgIpc) is 3.45. The predicted molar refractivity (Wildman–Crippen MR) is 122 cm³/mol. The maximum Gasteiger partial charge on any atom is 0.234 e. The molecule has 3 aromatic rings. The van der Waals surface area contributed by atoms with Gasteiger partial charge in [-0.2, -0.15) is 0 Å². The summed E-state index contributed by atoms with van der Waals surface area (Å²) >= 11 is 7.00. The van der Waals surface area contributed by atoms with Gasteiger partial charge >= 0.3 is 0 Å². The SMILES string of the molecule is COc1ccc(-c2nnc(SCC(=O)Nc3ccc(Cl)cc3F)n2CC2CCCO2)cc1. The van der Waals surface area contributed by atoms with Crippen LogP contribution < -0.4 is 10.1 Å². The predicted octanol–water partition coefficient (Wildman–Crippen LogP) is 4.66. The molecule has 168 valence electrons. The molecule has 1 atom stereocenters. The third-order valence-corrected chi connectivity index (χ3v) is 6.21. The van der Waals surface area contributed by atoms with Crippen LogP contribution in [0, 0.1) is 5.82 Å². The second-order valence-corrected chi connectivity index (χ2v) is 8.62. The summed E-state index contributed by atoms with van der Waals surface area (Å²) in [7, 11) is 1.62. The number of nitrogens with one attached hydrogen (secondary N) is 1. The smallest absolute Gasteiger partial charge is 0.234 e. The molecule has 2 aromatic carbocycles. The quantitative estimate of drug-likeness (QED) is 0.476. The van der Waals surface area contributed by atoms with Gasteiger partial charge in [0, 0.05) is 17.2 Å². The molecule has 7 nitrogen and oxygen atoms in total. The number of methoxy groups -OCH3 is 1. The lowest BCUT2D eigenvalue weighted by Gasteiger charge is -2.15. The Hall–Kier alpha value is -2.62. The van der Waals surface area contributed by atoms with E-state index in [4.69, 9.17) is 21.1 Å². The number of amides is 1. The van der Waals surface area contributed by atoms with Gasteiger partial charge in [0.25, 0.3) is 0 Å². The Morgan fingerprint density at radius 1 is 1.31 bits per heavy atom. The zero-order chi connectivity index (χ0) is 22.5. The van der Waals surface area contributed by atoms with Crippen LogP contribution in [-0.2, 0) is 16.1 Å². The van der Waals surface area contributed by atoms with Crippen molar-refractivity contribution >= 4 is 35.0 Å². The van der Waals surface area contributed by atoms with Gasteiger partial charge in [-0.3, -0.25) is 9.36 Å². The molecule has 0 spiro atoms. The molecule has 1 N–H and O–H groups in total. The van der Waals surface area contributed by atoms with Crippen molar-refractivity contribution in [3.63, 3.8) is 0 Å². The number of benzene rings is 2. The summed E-state index contributed by atoms with van der Waals surface area (Å²) in [4.78, 5) is 12.4. The van der Waals surface area contributed by atoms with Crippen molar-refractivity contribution in [1.82, 2.24) is 14.8 Å². The van der Waals surface area contributed by atoms with E-state index in [0.29, 0.717) is 17.5 Å². The molecule has 0 saturated carbocycles. The highest BCUT2D eigenvalue weighted by atomic mass is 35.5. The zero-order valence-corrected chi connectivity index (χ0v) is 19.0. The number of nitrogens with zero attached hydrogens (tertiary/aromatic N) is 3. The molecule has 0 aliphatic carbocycles. The number of hydrogen-bond acceptors (Lipinski definition) is 6. The van der Waals surface area contributed by atoms with Crippen molar-refractivity contribution in [2.24, 2.45) is 0 Å². The molecular formula is C22H22ClFN4O3S. The molecule has 0 radical (unpaired) electrons. The maximum absolute atomic E-state index is 14.0. The minimum atomic E-state index is -0.584. The molecule has 1 aliphatic rings. The van der Waals surface area contributed by atoms with Gasteiger partial charge in [-0.1, -0.05) is 23.4 Å². The monoisotopic (exact) mass is 476 g/mol. The van der Waals surface area contributed by atoms with E-state index in [1.807, 2.05) is 28.8 Å². The van der Waals surface area contributed by atoms with Crippen LogP contribution in [0.5, 0.6) is 5.75 Å². The summed E-state index contributed by atoms with van der Waals surface area (Å²) in [5.74, 6) is 0.552. The van der Waals surface area contributed by atoms with Crippen molar-refractivity contribution in [3.8, 4) is 17.1 Å². The Morgan fingerprint density at radius 2 is 2.12 bits per heavy atom. The number of halogens is 2. The fraction of sp³-hybridized carbons (Fsp3) is 0.318. The first-order valence-electron chi connectivity index (χ1n) is 10.1. The van der Waals surface area contributed by atoms with Gasteiger partial charge in [0.15, 0.2) is 11.0 Å². The highest BCUT2D eigenvalue weighted by Gasteiger charge is 2.22. The second kappa shape index (κ2) is 10.3. The van der Waals surface area contributed by atoms with Gasteiger partial charge in [-0.15, -0.1) is 10.2 Å². The molecule has 10 heteroatoms. The van der Waals surface area contributed by atoms with Crippen LogP contribution in [0.25, 0.3) is 11.4 Å². The van der Waals surface area contributed by atoms with Gasteiger partial charge in [0.2, 0.25) is 5.91 Å². The Kier molecular flexibility index (Phi) is 7.29. The van der Waals surface area contributed by atoms with Crippen molar-refractivity contribution in [2.45, 2.75) is 30.6 Å². The van der Waals surface area contributed by atoms with Gasteiger partial charge in [-0.05, 0) is 55.3 Å². The number of thioether (sulfide) groups is 1. The van der Waals surface area contributed by atoms with Crippen molar-refractivity contribution in [3.05, 3.63) is 53.3 Å². The van der Waals surface area contributed by atoms with Crippen molar-refractivity contribution in [1.29, 1.82) is 0 Å². The fourth-order valence-electron chi connectivity index (χ4n) is 3.41. The van der Waals surface area contributed by atoms with Gasteiger partial charge < -0.3 is 14.8 Å². The van der Waals surface area contributed by atoms with E-state index in [0.717, 1.165) is 36.8 Å².